The number of esters is 1. The summed E-state index contributed by atoms with van der Waals surface area (Å²) < 4.78 is 20.0. The second-order valence-electron chi connectivity index (χ2n) is 7.79. The van der Waals surface area contributed by atoms with Crippen molar-refractivity contribution in [3.8, 4) is 0 Å². The lowest BCUT2D eigenvalue weighted by molar-refractivity contribution is -0.138. The lowest BCUT2D eigenvalue weighted by atomic mass is 9.68. The van der Waals surface area contributed by atoms with Gasteiger partial charge in [0.15, 0.2) is 5.78 Å². The monoisotopic (exact) mass is 391 g/mol. The lowest BCUT2D eigenvalue weighted by Gasteiger charge is -2.39. The van der Waals surface area contributed by atoms with Gasteiger partial charge < -0.3 is 10.1 Å². The Labute approximate surface area is 163 Å². The van der Waals surface area contributed by atoms with Crippen LogP contribution in [-0.2, 0) is 14.3 Å². The smallest absolute Gasteiger partial charge is 0.336 e. The largest absolute Gasteiger partial charge is 0.463 e. The van der Waals surface area contributed by atoms with E-state index in [4.69, 9.17) is 16.3 Å². The highest BCUT2D eigenvalue weighted by Crippen LogP contribution is 2.48. The summed E-state index contributed by atoms with van der Waals surface area (Å²) in [6, 6.07) is 4.36. The van der Waals surface area contributed by atoms with Crippen LogP contribution < -0.4 is 5.32 Å². The quantitative estimate of drug-likeness (QED) is 0.762. The molecule has 0 unspecified atom stereocenters. The molecule has 1 N–H and O–H groups in total. The van der Waals surface area contributed by atoms with Crippen LogP contribution in [0.15, 0.2) is 40.7 Å². The van der Waals surface area contributed by atoms with E-state index in [9.17, 15) is 14.0 Å². The van der Waals surface area contributed by atoms with Crippen molar-refractivity contribution in [3.63, 3.8) is 0 Å². The number of dihydropyridines is 1. The van der Waals surface area contributed by atoms with Crippen molar-refractivity contribution in [2.45, 2.75) is 46.5 Å². The van der Waals surface area contributed by atoms with Crippen molar-refractivity contribution in [1.29, 1.82) is 0 Å². The first-order valence-corrected chi connectivity index (χ1v) is 9.39. The van der Waals surface area contributed by atoms with E-state index in [1.165, 1.54) is 12.1 Å². The Bertz CT molecular complexity index is 865. The summed E-state index contributed by atoms with van der Waals surface area (Å²) in [5.41, 5.74) is 1.86. The molecule has 0 fully saturated rings. The molecule has 4 nitrogen and oxygen atoms in total. The molecule has 0 saturated carbocycles. The minimum atomic E-state index is -0.877. The van der Waals surface area contributed by atoms with E-state index in [0.29, 0.717) is 24.1 Å². The van der Waals surface area contributed by atoms with Gasteiger partial charge in [-0.05, 0) is 37.8 Å². The highest BCUT2D eigenvalue weighted by Gasteiger charge is 2.44. The molecular formula is C21H23ClFNO3. The van der Waals surface area contributed by atoms with Gasteiger partial charge in [-0.2, -0.15) is 0 Å². The Balaban J connectivity index is 2.26. The number of nitrogens with one attached hydrogen (secondary N) is 1. The molecule has 0 bridgehead atoms. The fourth-order valence-corrected chi connectivity index (χ4v) is 4.26. The van der Waals surface area contributed by atoms with Crippen molar-refractivity contribution in [3.05, 3.63) is 57.1 Å². The van der Waals surface area contributed by atoms with E-state index >= 15 is 0 Å². The number of benzene rings is 1. The highest BCUT2D eigenvalue weighted by molar-refractivity contribution is 6.31. The van der Waals surface area contributed by atoms with Gasteiger partial charge in [0.05, 0.1) is 18.1 Å². The molecule has 1 aromatic carbocycles. The highest BCUT2D eigenvalue weighted by atomic mass is 35.5. The Morgan fingerprint density at radius 1 is 1.37 bits per heavy atom. The SMILES string of the molecule is CCOC(=O)C1=C(C)NC2=C(C(=O)CC(C)(C)C2)[C@H]1c1c(F)cccc1Cl. The summed E-state index contributed by atoms with van der Waals surface area (Å²) in [7, 11) is 0. The predicted octanol–water partition coefficient (Wildman–Crippen LogP) is 4.65. The molecular weight excluding hydrogens is 369 g/mol. The third kappa shape index (κ3) is 3.53. The van der Waals surface area contributed by atoms with Crippen molar-refractivity contribution in [2.75, 3.05) is 6.61 Å². The summed E-state index contributed by atoms with van der Waals surface area (Å²) in [6.45, 7) is 7.65. The molecule has 1 aliphatic heterocycles. The van der Waals surface area contributed by atoms with Crippen LogP contribution in [0.1, 0.15) is 52.0 Å². The summed E-state index contributed by atoms with van der Waals surface area (Å²) in [4.78, 5) is 25.7. The predicted molar refractivity (Wildman–Crippen MR) is 102 cm³/mol. The van der Waals surface area contributed by atoms with Gasteiger partial charge in [-0.3, -0.25) is 4.79 Å². The zero-order valence-electron chi connectivity index (χ0n) is 15.9. The first-order chi connectivity index (χ1) is 12.7. The van der Waals surface area contributed by atoms with Crippen molar-refractivity contribution >= 4 is 23.4 Å². The van der Waals surface area contributed by atoms with Crippen LogP contribution in [0.25, 0.3) is 0 Å². The molecule has 3 rings (SSSR count). The first kappa shape index (κ1) is 19.6. The molecule has 0 amide bonds. The third-order valence-electron chi connectivity index (χ3n) is 5.02. The van der Waals surface area contributed by atoms with Crippen LogP contribution in [0.5, 0.6) is 0 Å². The Kier molecular flexibility index (Phi) is 5.17. The van der Waals surface area contributed by atoms with E-state index in [-0.39, 0.29) is 34.0 Å². The van der Waals surface area contributed by atoms with E-state index in [0.717, 1.165) is 5.70 Å². The molecule has 6 heteroatoms. The fraction of sp³-hybridized carbons (Fsp3) is 0.429. The van der Waals surface area contributed by atoms with Gasteiger partial charge in [0, 0.05) is 34.0 Å². The molecule has 0 aromatic heterocycles. The maximum atomic E-state index is 14.8. The number of Topliss-reactive ketones (excluding diaryl/α,β-unsaturated/α-hetero) is 1. The molecule has 0 saturated heterocycles. The average molecular weight is 392 g/mol. The number of rotatable bonds is 3. The number of carbonyl (C=O) groups is 2. The summed E-state index contributed by atoms with van der Waals surface area (Å²) >= 11 is 6.32. The van der Waals surface area contributed by atoms with Crippen LogP contribution >= 0.6 is 11.6 Å². The van der Waals surface area contributed by atoms with Gasteiger partial charge in [-0.1, -0.05) is 31.5 Å². The van der Waals surface area contributed by atoms with E-state index in [1.807, 2.05) is 13.8 Å². The average Bonchev–Trinajstić information content (AvgIpc) is 2.52. The number of hydrogen-bond acceptors (Lipinski definition) is 4. The molecule has 1 atom stereocenters. The van der Waals surface area contributed by atoms with Gasteiger partial charge in [0.1, 0.15) is 5.82 Å². The minimum Gasteiger partial charge on any atom is -0.463 e. The second kappa shape index (κ2) is 7.12. The van der Waals surface area contributed by atoms with Crippen LogP contribution in [-0.4, -0.2) is 18.4 Å². The molecule has 0 radical (unpaired) electrons. The van der Waals surface area contributed by atoms with E-state index < -0.39 is 17.7 Å². The maximum absolute atomic E-state index is 14.8. The molecule has 0 spiro atoms. The van der Waals surface area contributed by atoms with Gasteiger partial charge >= 0.3 is 5.97 Å². The number of ether oxygens (including phenoxy) is 1. The van der Waals surface area contributed by atoms with Crippen LogP contribution in [0.4, 0.5) is 4.39 Å². The van der Waals surface area contributed by atoms with Crippen molar-refractivity contribution in [2.24, 2.45) is 5.41 Å². The number of ketones is 1. The molecule has 27 heavy (non-hydrogen) atoms. The molecule has 2 aliphatic rings. The topological polar surface area (TPSA) is 55.4 Å². The van der Waals surface area contributed by atoms with Gasteiger partial charge in [-0.25, -0.2) is 9.18 Å². The normalized spacial score (nSPS) is 21.7. The van der Waals surface area contributed by atoms with Crippen LogP contribution in [0, 0.1) is 11.2 Å². The molecule has 144 valence electrons. The fourth-order valence-electron chi connectivity index (χ4n) is 3.99. The van der Waals surface area contributed by atoms with Gasteiger partial charge in [0.2, 0.25) is 0 Å². The Hall–Kier alpha value is -2.14. The Morgan fingerprint density at radius 3 is 2.70 bits per heavy atom. The van der Waals surface area contributed by atoms with Gasteiger partial charge in [-0.15, -0.1) is 0 Å². The zero-order chi connectivity index (χ0) is 19.9. The summed E-state index contributed by atoms with van der Waals surface area (Å²) in [5, 5.41) is 3.39. The first-order valence-electron chi connectivity index (χ1n) is 9.01. The van der Waals surface area contributed by atoms with Crippen LogP contribution in [0.2, 0.25) is 5.02 Å². The number of carbonyl (C=O) groups excluding carboxylic acids is 2. The van der Waals surface area contributed by atoms with Crippen molar-refractivity contribution in [1.82, 2.24) is 5.32 Å². The van der Waals surface area contributed by atoms with E-state index in [2.05, 4.69) is 5.32 Å². The number of hydrogen-bond donors (Lipinski definition) is 1. The van der Waals surface area contributed by atoms with E-state index in [1.54, 1.807) is 19.9 Å². The Morgan fingerprint density at radius 2 is 2.07 bits per heavy atom. The maximum Gasteiger partial charge on any atom is 0.336 e. The third-order valence-corrected chi connectivity index (χ3v) is 5.35. The molecule has 1 heterocycles. The van der Waals surface area contributed by atoms with Crippen LogP contribution in [0.3, 0.4) is 0 Å². The number of halogens is 2. The number of allylic oxidation sites excluding steroid dienone is 3. The lowest BCUT2D eigenvalue weighted by Crippen LogP contribution is -2.39. The standard InChI is InChI=1S/C21H23ClFNO3/c1-5-27-20(26)16-11(2)24-14-9-21(3,4)10-15(25)18(14)19(16)17-12(22)7-6-8-13(17)23/h6-8,19,24H,5,9-10H2,1-4H3/t19-/m1/s1. The molecule has 1 aliphatic carbocycles. The molecule has 1 aromatic rings. The van der Waals surface area contributed by atoms with Crippen molar-refractivity contribution < 1.29 is 18.7 Å². The summed E-state index contributed by atoms with van der Waals surface area (Å²) in [5.74, 6) is -2.10. The van der Waals surface area contributed by atoms with Gasteiger partial charge in [0.25, 0.3) is 0 Å². The minimum absolute atomic E-state index is 0.104. The second-order valence-corrected chi connectivity index (χ2v) is 8.19. The zero-order valence-corrected chi connectivity index (χ0v) is 16.7. The summed E-state index contributed by atoms with van der Waals surface area (Å²) in [6.07, 6.45) is 0.954.